The Morgan fingerprint density at radius 1 is 1.50 bits per heavy atom. The minimum Gasteiger partial charge on any atom is -0.357 e. The average molecular weight is 195 g/mol. The Labute approximate surface area is 84.0 Å². The van der Waals surface area contributed by atoms with Crippen LogP contribution in [0, 0.1) is 0 Å². The van der Waals surface area contributed by atoms with Gasteiger partial charge in [0.1, 0.15) is 5.82 Å². The molecule has 0 saturated carbocycles. The lowest BCUT2D eigenvalue weighted by molar-refractivity contribution is 0.721. The summed E-state index contributed by atoms with van der Waals surface area (Å²) in [4.78, 5) is 19.5. The van der Waals surface area contributed by atoms with Gasteiger partial charge in [0.05, 0.1) is 0 Å². The van der Waals surface area contributed by atoms with Crippen molar-refractivity contribution in [3.63, 3.8) is 0 Å². The molecule has 0 aliphatic carbocycles. The zero-order chi connectivity index (χ0) is 10.4. The number of aromatic nitrogens is 2. The molecule has 0 aromatic carbocycles. The molecule has 0 amide bonds. The Hall–Kier alpha value is -1.32. The quantitative estimate of drug-likeness (QED) is 0.772. The van der Waals surface area contributed by atoms with Crippen molar-refractivity contribution in [3.05, 3.63) is 22.7 Å². The first-order chi connectivity index (χ1) is 6.77. The standard InChI is InChI=1S/C10H17N3O/c1-3-5-8-13(4-2)9-6-7-11-10(14)12-9/h6-7H,3-5,8H2,1-2H3,(H,11,12,14). The number of aromatic amines is 1. The number of hydrogen-bond acceptors (Lipinski definition) is 3. The number of rotatable bonds is 5. The van der Waals surface area contributed by atoms with Crippen LogP contribution in [0.15, 0.2) is 17.1 Å². The van der Waals surface area contributed by atoms with Gasteiger partial charge in [0.15, 0.2) is 0 Å². The van der Waals surface area contributed by atoms with Gasteiger partial charge in [0, 0.05) is 19.3 Å². The summed E-state index contributed by atoms with van der Waals surface area (Å²) in [5, 5.41) is 0. The van der Waals surface area contributed by atoms with Crippen LogP contribution in [0.4, 0.5) is 5.82 Å². The molecule has 0 spiro atoms. The van der Waals surface area contributed by atoms with E-state index >= 15 is 0 Å². The van der Waals surface area contributed by atoms with E-state index in [9.17, 15) is 4.79 Å². The summed E-state index contributed by atoms with van der Waals surface area (Å²) in [5.41, 5.74) is -0.280. The second kappa shape index (κ2) is 5.42. The number of anilines is 1. The van der Waals surface area contributed by atoms with Crippen LogP contribution in [0.2, 0.25) is 0 Å². The molecule has 0 saturated heterocycles. The summed E-state index contributed by atoms with van der Waals surface area (Å²) in [6.07, 6.45) is 3.92. The molecule has 4 heteroatoms. The number of H-pyrrole nitrogens is 1. The average Bonchev–Trinajstić information content (AvgIpc) is 2.19. The van der Waals surface area contributed by atoms with Crippen molar-refractivity contribution in [2.24, 2.45) is 0 Å². The first-order valence-corrected chi connectivity index (χ1v) is 5.08. The van der Waals surface area contributed by atoms with Gasteiger partial charge in [-0.2, -0.15) is 4.98 Å². The molecule has 1 aromatic rings. The van der Waals surface area contributed by atoms with E-state index < -0.39 is 0 Å². The van der Waals surface area contributed by atoms with Gasteiger partial charge in [-0.15, -0.1) is 0 Å². The molecule has 0 fully saturated rings. The third-order valence-electron chi connectivity index (χ3n) is 2.14. The summed E-state index contributed by atoms with van der Waals surface area (Å²) >= 11 is 0. The van der Waals surface area contributed by atoms with Crippen molar-refractivity contribution in [1.29, 1.82) is 0 Å². The van der Waals surface area contributed by atoms with E-state index in [1.165, 1.54) is 0 Å². The highest BCUT2D eigenvalue weighted by atomic mass is 16.1. The monoisotopic (exact) mass is 195 g/mol. The third kappa shape index (κ3) is 2.87. The van der Waals surface area contributed by atoms with Crippen molar-refractivity contribution in [3.8, 4) is 0 Å². The number of nitrogens with zero attached hydrogens (tertiary/aromatic N) is 2. The summed E-state index contributed by atoms with van der Waals surface area (Å²) in [5.74, 6) is 0.768. The maximum atomic E-state index is 11.0. The van der Waals surface area contributed by atoms with Gasteiger partial charge in [0.25, 0.3) is 0 Å². The minimum atomic E-state index is -0.280. The number of nitrogens with one attached hydrogen (secondary N) is 1. The lowest BCUT2D eigenvalue weighted by Gasteiger charge is -2.20. The molecule has 0 bridgehead atoms. The molecule has 4 nitrogen and oxygen atoms in total. The molecule has 0 unspecified atom stereocenters. The van der Waals surface area contributed by atoms with Crippen molar-refractivity contribution >= 4 is 5.82 Å². The van der Waals surface area contributed by atoms with E-state index in [0.29, 0.717) is 0 Å². The van der Waals surface area contributed by atoms with Crippen molar-refractivity contribution in [2.75, 3.05) is 18.0 Å². The SMILES string of the molecule is CCCCN(CC)c1cc[nH]c(=O)n1. The summed E-state index contributed by atoms with van der Waals surface area (Å²) in [6, 6.07) is 1.83. The molecule has 0 atom stereocenters. The normalized spacial score (nSPS) is 10.1. The van der Waals surface area contributed by atoms with Crippen molar-refractivity contribution in [2.45, 2.75) is 26.7 Å². The maximum absolute atomic E-state index is 11.0. The smallest absolute Gasteiger partial charge is 0.346 e. The van der Waals surface area contributed by atoms with Gasteiger partial charge >= 0.3 is 5.69 Å². The molecule has 1 rings (SSSR count). The summed E-state index contributed by atoms with van der Waals surface area (Å²) in [7, 11) is 0. The van der Waals surface area contributed by atoms with E-state index in [0.717, 1.165) is 31.7 Å². The largest absolute Gasteiger partial charge is 0.357 e. The van der Waals surface area contributed by atoms with Crippen molar-refractivity contribution in [1.82, 2.24) is 9.97 Å². The van der Waals surface area contributed by atoms with Crippen LogP contribution in [0.5, 0.6) is 0 Å². The van der Waals surface area contributed by atoms with Gasteiger partial charge in [-0.3, -0.25) is 0 Å². The second-order valence-corrected chi connectivity index (χ2v) is 3.19. The molecule has 0 radical (unpaired) electrons. The molecule has 1 aromatic heterocycles. The zero-order valence-electron chi connectivity index (χ0n) is 8.79. The Bertz CT molecular complexity index is 321. The van der Waals surface area contributed by atoms with Gasteiger partial charge < -0.3 is 9.88 Å². The molecule has 0 aliphatic heterocycles. The lowest BCUT2D eigenvalue weighted by atomic mass is 10.3. The maximum Gasteiger partial charge on any atom is 0.346 e. The van der Waals surface area contributed by atoms with E-state index in [-0.39, 0.29) is 5.69 Å². The molecule has 1 heterocycles. The Morgan fingerprint density at radius 2 is 2.29 bits per heavy atom. The number of hydrogen-bond donors (Lipinski definition) is 1. The van der Waals surface area contributed by atoms with Gasteiger partial charge in [0.2, 0.25) is 0 Å². The highest BCUT2D eigenvalue weighted by Gasteiger charge is 2.04. The van der Waals surface area contributed by atoms with E-state index in [1.54, 1.807) is 6.20 Å². The van der Waals surface area contributed by atoms with Gasteiger partial charge in [-0.25, -0.2) is 4.79 Å². The Kier molecular flexibility index (Phi) is 4.16. The second-order valence-electron chi connectivity index (χ2n) is 3.19. The number of unbranched alkanes of at least 4 members (excludes halogenated alkanes) is 1. The van der Waals surface area contributed by atoms with Crippen molar-refractivity contribution < 1.29 is 0 Å². The fraction of sp³-hybridized carbons (Fsp3) is 0.600. The van der Waals surface area contributed by atoms with Crippen LogP contribution in [0.25, 0.3) is 0 Å². The summed E-state index contributed by atoms with van der Waals surface area (Å²) < 4.78 is 0. The Morgan fingerprint density at radius 3 is 2.86 bits per heavy atom. The predicted octanol–water partition coefficient (Wildman–Crippen LogP) is 1.40. The van der Waals surface area contributed by atoms with Crippen LogP contribution in [0.1, 0.15) is 26.7 Å². The molecular weight excluding hydrogens is 178 g/mol. The van der Waals surface area contributed by atoms with Gasteiger partial charge in [-0.1, -0.05) is 13.3 Å². The Balaban J connectivity index is 2.73. The highest BCUT2D eigenvalue weighted by Crippen LogP contribution is 2.07. The highest BCUT2D eigenvalue weighted by molar-refractivity contribution is 5.35. The molecular formula is C10H17N3O. The van der Waals surface area contributed by atoms with Gasteiger partial charge in [-0.05, 0) is 19.4 Å². The molecule has 14 heavy (non-hydrogen) atoms. The first-order valence-electron chi connectivity index (χ1n) is 5.08. The fourth-order valence-corrected chi connectivity index (χ4v) is 1.32. The third-order valence-corrected chi connectivity index (χ3v) is 2.14. The van der Waals surface area contributed by atoms with Crippen LogP contribution in [-0.2, 0) is 0 Å². The molecule has 78 valence electrons. The lowest BCUT2D eigenvalue weighted by Crippen LogP contribution is -2.27. The van der Waals surface area contributed by atoms with E-state index in [2.05, 4.69) is 28.7 Å². The van der Waals surface area contributed by atoms with Crippen LogP contribution >= 0.6 is 0 Å². The summed E-state index contributed by atoms with van der Waals surface area (Å²) in [6.45, 7) is 6.07. The fourth-order valence-electron chi connectivity index (χ4n) is 1.32. The van der Waals surface area contributed by atoms with Crippen LogP contribution < -0.4 is 10.6 Å². The molecule has 0 aliphatic rings. The van der Waals surface area contributed by atoms with Crippen LogP contribution in [-0.4, -0.2) is 23.1 Å². The topological polar surface area (TPSA) is 49.0 Å². The van der Waals surface area contributed by atoms with E-state index in [4.69, 9.17) is 0 Å². The molecule has 1 N–H and O–H groups in total. The zero-order valence-corrected chi connectivity index (χ0v) is 8.79. The minimum absolute atomic E-state index is 0.280. The predicted molar refractivity (Wildman–Crippen MR) is 57.7 cm³/mol. The van der Waals surface area contributed by atoms with E-state index in [1.807, 2.05) is 6.07 Å². The first kappa shape index (κ1) is 10.8. The van der Waals surface area contributed by atoms with Crippen LogP contribution in [0.3, 0.4) is 0 Å².